The summed E-state index contributed by atoms with van der Waals surface area (Å²) < 4.78 is 24.0. The maximum absolute atomic E-state index is 13.3. The lowest BCUT2D eigenvalue weighted by Gasteiger charge is -2.11. The van der Waals surface area contributed by atoms with Gasteiger partial charge in [-0.25, -0.2) is 14.2 Å². The summed E-state index contributed by atoms with van der Waals surface area (Å²) in [5.74, 6) is -0.787. The van der Waals surface area contributed by atoms with E-state index in [0.717, 1.165) is 0 Å². The molecule has 0 radical (unpaired) electrons. The van der Waals surface area contributed by atoms with Gasteiger partial charge in [-0.05, 0) is 67.6 Å². The molecule has 4 aromatic rings. The summed E-state index contributed by atoms with van der Waals surface area (Å²) in [5.41, 5.74) is 2.58. The zero-order chi connectivity index (χ0) is 23.2. The van der Waals surface area contributed by atoms with Crippen molar-refractivity contribution in [3.05, 3.63) is 90.2 Å². The van der Waals surface area contributed by atoms with E-state index in [0.29, 0.717) is 40.2 Å². The monoisotopic (exact) mass is 444 g/mol. The summed E-state index contributed by atoms with van der Waals surface area (Å²) in [5, 5.41) is 3.28. The summed E-state index contributed by atoms with van der Waals surface area (Å²) in [6.07, 6.45) is 0. The smallest absolute Gasteiger partial charge is 0.339 e. The van der Waals surface area contributed by atoms with Gasteiger partial charge in [0.15, 0.2) is 6.61 Å². The van der Waals surface area contributed by atoms with Crippen molar-refractivity contribution in [2.45, 2.75) is 6.92 Å². The molecule has 3 aromatic carbocycles. The topological polar surface area (TPSA) is 77.5 Å². The number of benzene rings is 3. The first kappa shape index (κ1) is 22.0. The Bertz CT molecular complexity index is 1290. The molecule has 0 unspecified atom stereocenters. The maximum atomic E-state index is 13.3. The minimum atomic E-state index is -0.654. The van der Waals surface area contributed by atoms with Crippen LogP contribution < -0.4 is 10.1 Å². The number of para-hydroxylation sites is 1. The second-order valence-corrected chi connectivity index (χ2v) is 7.16. The van der Waals surface area contributed by atoms with Crippen LogP contribution in [0.2, 0.25) is 0 Å². The number of aromatic nitrogens is 1. The number of amides is 1. The molecule has 6 nitrogen and oxygen atoms in total. The highest BCUT2D eigenvalue weighted by Crippen LogP contribution is 2.25. The SMILES string of the molecule is CCOc1ccc(NC(=O)COC(=O)c2cc(-c3ccc(F)cc3)nc3ccccc23)cc1. The maximum Gasteiger partial charge on any atom is 0.339 e. The summed E-state index contributed by atoms with van der Waals surface area (Å²) in [4.78, 5) is 29.7. The highest BCUT2D eigenvalue weighted by Gasteiger charge is 2.17. The van der Waals surface area contributed by atoms with E-state index in [9.17, 15) is 14.0 Å². The predicted octanol–water partition coefficient (Wildman–Crippen LogP) is 5.24. The first-order valence-electron chi connectivity index (χ1n) is 10.4. The largest absolute Gasteiger partial charge is 0.494 e. The third-order valence-electron chi connectivity index (χ3n) is 4.86. The normalized spacial score (nSPS) is 10.6. The van der Waals surface area contributed by atoms with Crippen molar-refractivity contribution < 1.29 is 23.5 Å². The van der Waals surface area contributed by atoms with Crippen molar-refractivity contribution in [1.82, 2.24) is 4.98 Å². The number of carbonyl (C=O) groups is 2. The molecule has 0 saturated heterocycles. The van der Waals surface area contributed by atoms with Crippen LogP contribution in [0.25, 0.3) is 22.2 Å². The molecule has 0 fully saturated rings. The van der Waals surface area contributed by atoms with Gasteiger partial charge in [0.05, 0.1) is 23.4 Å². The molecule has 0 saturated carbocycles. The first-order chi connectivity index (χ1) is 16.0. The van der Waals surface area contributed by atoms with Gasteiger partial charge in [0.2, 0.25) is 0 Å². The van der Waals surface area contributed by atoms with Crippen LogP contribution in [0.5, 0.6) is 5.75 Å². The van der Waals surface area contributed by atoms with Gasteiger partial charge < -0.3 is 14.8 Å². The third kappa shape index (κ3) is 5.33. The molecule has 1 heterocycles. The lowest BCUT2D eigenvalue weighted by molar-refractivity contribution is -0.119. The Hall–Kier alpha value is -4.26. The predicted molar refractivity (Wildman–Crippen MR) is 124 cm³/mol. The van der Waals surface area contributed by atoms with Crippen molar-refractivity contribution in [1.29, 1.82) is 0 Å². The average molecular weight is 444 g/mol. The molecular weight excluding hydrogens is 423 g/mol. The van der Waals surface area contributed by atoms with Crippen molar-refractivity contribution in [2.24, 2.45) is 0 Å². The van der Waals surface area contributed by atoms with Crippen LogP contribution in [0.3, 0.4) is 0 Å². The number of ether oxygens (including phenoxy) is 2. The van der Waals surface area contributed by atoms with Crippen molar-refractivity contribution in [3.8, 4) is 17.0 Å². The van der Waals surface area contributed by atoms with Gasteiger partial charge in [0.25, 0.3) is 5.91 Å². The van der Waals surface area contributed by atoms with Crippen LogP contribution in [0.15, 0.2) is 78.9 Å². The Labute approximate surface area is 190 Å². The van der Waals surface area contributed by atoms with E-state index in [1.165, 1.54) is 12.1 Å². The Morgan fingerprint density at radius 1 is 0.970 bits per heavy atom. The molecule has 0 spiro atoms. The molecule has 4 rings (SSSR count). The molecule has 0 aliphatic carbocycles. The quantitative estimate of drug-likeness (QED) is 0.395. The van der Waals surface area contributed by atoms with Crippen LogP contribution in [-0.2, 0) is 9.53 Å². The van der Waals surface area contributed by atoms with E-state index < -0.39 is 18.5 Å². The number of esters is 1. The molecule has 166 valence electrons. The van der Waals surface area contributed by atoms with E-state index in [4.69, 9.17) is 9.47 Å². The Balaban J connectivity index is 1.50. The second kappa shape index (κ2) is 9.91. The van der Waals surface area contributed by atoms with E-state index in [1.807, 2.05) is 13.0 Å². The summed E-state index contributed by atoms with van der Waals surface area (Å²) >= 11 is 0. The van der Waals surface area contributed by atoms with Gasteiger partial charge in [0.1, 0.15) is 11.6 Å². The lowest BCUT2D eigenvalue weighted by atomic mass is 10.0. The molecule has 0 aliphatic heterocycles. The zero-order valence-corrected chi connectivity index (χ0v) is 17.9. The second-order valence-electron chi connectivity index (χ2n) is 7.16. The first-order valence-corrected chi connectivity index (χ1v) is 10.4. The van der Waals surface area contributed by atoms with Gasteiger partial charge in [-0.1, -0.05) is 18.2 Å². The molecule has 33 heavy (non-hydrogen) atoms. The van der Waals surface area contributed by atoms with E-state index in [1.54, 1.807) is 60.7 Å². The minimum absolute atomic E-state index is 0.272. The van der Waals surface area contributed by atoms with E-state index in [2.05, 4.69) is 10.3 Å². The van der Waals surface area contributed by atoms with Gasteiger partial charge in [-0.2, -0.15) is 0 Å². The van der Waals surface area contributed by atoms with E-state index in [-0.39, 0.29) is 11.4 Å². The Kier molecular flexibility index (Phi) is 6.59. The van der Waals surface area contributed by atoms with Crippen LogP contribution in [0.4, 0.5) is 10.1 Å². The molecule has 1 aromatic heterocycles. The van der Waals surface area contributed by atoms with E-state index >= 15 is 0 Å². The Morgan fingerprint density at radius 3 is 2.42 bits per heavy atom. The number of hydrogen-bond donors (Lipinski definition) is 1. The Morgan fingerprint density at radius 2 is 1.70 bits per heavy atom. The number of hydrogen-bond acceptors (Lipinski definition) is 5. The highest BCUT2D eigenvalue weighted by molar-refractivity contribution is 6.05. The summed E-state index contributed by atoms with van der Waals surface area (Å²) in [6.45, 7) is 1.99. The fourth-order valence-corrected chi connectivity index (χ4v) is 3.32. The van der Waals surface area contributed by atoms with Crippen LogP contribution in [0.1, 0.15) is 17.3 Å². The number of nitrogens with one attached hydrogen (secondary N) is 1. The molecular formula is C26H21FN2O4. The number of anilines is 1. The number of carbonyl (C=O) groups excluding carboxylic acids is 2. The molecule has 0 bridgehead atoms. The molecule has 1 N–H and O–H groups in total. The van der Waals surface area contributed by atoms with Gasteiger partial charge in [0, 0.05) is 16.6 Å². The van der Waals surface area contributed by atoms with Gasteiger partial charge in [-0.15, -0.1) is 0 Å². The highest BCUT2D eigenvalue weighted by atomic mass is 19.1. The van der Waals surface area contributed by atoms with Gasteiger partial charge >= 0.3 is 5.97 Å². The molecule has 1 amide bonds. The van der Waals surface area contributed by atoms with Crippen LogP contribution >= 0.6 is 0 Å². The van der Waals surface area contributed by atoms with Crippen molar-refractivity contribution >= 4 is 28.5 Å². The standard InChI is InChI=1S/C26H21FN2O4/c1-2-32-20-13-11-19(12-14-20)28-25(30)16-33-26(31)22-15-24(17-7-9-18(27)10-8-17)29-23-6-4-3-5-21(22)23/h3-15H,2,16H2,1H3,(H,28,30). The summed E-state index contributed by atoms with van der Waals surface area (Å²) in [6, 6.07) is 21.4. The average Bonchev–Trinajstić information content (AvgIpc) is 2.83. The molecule has 7 heteroatoms. The van der Waals surface area contributed by atoms with Crippen LogP contribution in [0, 0.1) is 5.82 Å². The number of rotatable bonds is 7. The fraction of sp³-hybridized carbons (Fsp3) is 0.115. The van der Waals surface area contributed by atoms with Crippen LogP contribution in [-0.4, -0.2) is 30.1 Å². The molecule has 0 aliphatic rings. The number of fused-ring (bicyclic) bond motifs is 1. The molecule has 0 atom stereocenters. The minimum Gasteiger partial charge on any atom is -0.494 e. The summed E-state index contributed by atoms with van der Waals surface area (Å²) in [7, 11) is 0. The van der Waals surface area contributed by atoms with Crippen molar-refractivity contribution in [2.75, 3.05) is 18.5 Å². The van der Waals surface area contributed by atoms with Crippen molar-refractivity contribution in [3.63, 3.8) is 0 Å². The zero-order valence-electron chi connectivity index (χ0n) is 17.9. The number of pyridine rings is 1. The number of nitrogens with zero attached hydrogens (tertiary/aromatic N) is 1. The number of halogens is 1. The lowest BCUT2D eigenvalue weighted by Crippen LogP contribution is -2.21. The third-order valence-corrected chi connectivity index (χ3v) is 4.86. The fourth-order valence-electron chi connectivity index (χ4n) is 3.32. The van der Waals surface area contributed by atoms with Gasteiger partial charge in [-0.3, -0.25) is 4.79 Å².